The molecule has 2 N–H and O–H groups in total. The zero-order valence-corrected chi connectivity index (χ0v) is 18.2. The Labute approximate surface area is 168 Å². The van der Waals surface area contributed by atoms with E-state index in [0.29, 0.717) is 5.13 Å². The van der Waals surface area contributed by atoms with Gasteiger partial charge in [-0.15, -0.1) is 4.72 Å². The summed E-state index contributed by atoms with van der Waals surface area (Å²) in [6.45, 7) is 11.2. The number of nitrogens with one attached hydrogen (secondary N) is 2. The number of thiazole rings is 1. The molecule has 0 fully saturated rings. The van der Waals surface area contributed by atoms with Gasteiger partial charge in [0.15, 0.2) is 5.13 Å². The summed E-state index contributed by atoms with van der Waals surface area (Å²) in [4.78, 5) is 17.1. The van der Waals surface area contributed by atoms with Crippen LogP contribution in [0, 0.1) is 0 Å². The highest BCUT2D eigenvalue weighted by molar-refractivity contribution is 7.90. The molecule has 0 saturated heterocycles. The van der Waals surface area contributed by atoms with E-state index < -0.39 is 27.8 Å². The third-order valence-electron chi connectivity index (χ3n) is 3.33. The highest BCUT2D eigenvalue weighted by atomic mass is 32.2. The van der Waals surface area contributed by atoms with Crippen LogP contribution in [0.25, 0.3) is 0 Å². The molecule has 1 heterocycles. The van der Waals surface area contributed by atoms with Crippen molar-refractivity contribution in [2.45, 2.75) is 57.9 Å². The Morgan fingerprint density at radius 3 is 2.37 bits per heavy atom. The SMILES string of the molecule is CC(C)(C)OC(=O)Nc1ncc(C(N[S@+]([O-])C(C)(C)C)c2ccccc2)s1. The second kappa shape index (κ2) is 8.60. The second-order valence-electron chi connectivity index (χ2n) is 8.04. The maximum atomic E-state index is 12.7. The molecule has 27 heavy (non-hydrogen) atoms. The molecular weight excluding hydrogens is 382 g/mol. The Balaban J connectivity index is 2.21. The first-order valence-corrected chi connectivity index (χ1v) is 10.6. The summed E-state index contributed by atoms with van der Waals surface area (Å²) in [5.41, 5.74) is 0.393. The molecular formula is C19H27N3O3S2. The van der Waals surface area contributed by atoms with Gasteiger partial charge < -0.3 is 9.29 Å². The first kappa shape index (κ1) is 21.7. The standard InChI is InChI=1S/C19H27N3O3S2/c1-18(2,3)25-17(23)21-16-20-12-14(26-16)15(13-10-8-7-9-11-13)22-27(24)19(4,5)6/h7-12,15,22H,1-6H3,(H,20,21,23)/t15?,27-/m1/s1. The minimum atomic E-state index is -1.27. The van der Waals surface area contributed by atoms with E-state index >= 15 is 0 Å². The molecule has 1 aromatic carbocycles. The summed E-state index contributed by atoms with van der Waals surface area (Å²) in [5, 5.41) is 3.09. The van der Waals surface area contributed by atoms with Crippen LogP contribution < -0.4 is 10.0 Å². The Bertz CT molecular complexity index is 752. The number of aromatic nitrogens is 1. The summed E-state index contributed by atoms with van der Waals surface area (Å²) in [5.74, 6) is 0. The van der Waals surface area contributed by atoms with E-state index in [1.54, 1.807) is 27.0 Å². The molecule has 0 spiro atoms. The normalized spacial score (nSPS) is 14.5. The van der Waals surface area contributed by atoms with E-state index in [2.05, 4.69) is 15.0 Å². The van der Waals surface area contributed by atoms with Crippen LogP contribution in [0.15, 0.2) is 36.5 Å². The van der Waals surface area contributed by atoms with Gasteiger partial charge in [0, 0.05) is 17.6 Å². The number of benzene rings is 1. The van der Waals surface area contributed by atoms with E-state index in [1.165, 1.54) is 11.3 Å². The van der Waals surface area contributed by atoms with Crippen molar-refractivity contribution in [3.8, 4) is 0 Å². The molecule has 1 amide bonds. The third kappa shape index (κ3) is 6.80. The van der Waals surface area contributed by atoms with Crippen LogP contribution in [0.1, 0.15) is 58.0 Å². The highest BCUT2D eigenvalue weighted by Crippen LogP contribution is 2.31. The number of carbonyl (C=O) groups excluding carboxylic acids is 1. The summed E-state index contributed by atoms with van der Waals surface area (Å²) in [7, 11) is 0. The third-order valence-corrected chi connectivity index (χ3v) is 5.87. The van der Waals surface area contributed by atoms with Crippen molar-refractivity contribution in [1.29, 1.82) is 0 Å². The molecule has 0 aliphatic carbocycles. The number of hydrogen-bond acceptors (Lipinski definition) is 6. The van der Waals surface area contributed by atoms with Crippen molar-refractivity contribution in [2.24, 2.45) is 0 Å². The summed E-state index contributed by atoms with van der Waals surface area (Å²) in [6.07, 6.45) is 1.13. The number of ether oxygens (including phenoxy) is 1. The van der Waals surface area contributed by atoms with Crippen molar-refractivity contribution in [3.05, 3.63) is 47.0 Å². The molecule has 0 saturated carbocycles. The Morgan fingerprint density at radius 1 is 1.19 bits per heavy atom. The van der Waals surface area contributed by atoms with Crippen LogP contribution >= 0.6 is 11.3 Å². The maximum Gasteiger partial charge on any atom is 0.413 e. The fourth-order valence-corrected chi connectivity index (χ4v) is 3.88. The number of carbonyl (C=O) groups is 1. The largest absolute Gasteiger partial charge is 0.598 e. The predicted molar refractivity (Wildman–Crippen MR) is 111 cm³/mol. The zero-order chi connectivity index (χ0) is 20.2. The van der Waals surface area contributed by atoms with Gasteiger partial charge in [-0.3, -0.25) is 5.32 Å². The first-order chi connectivity index (χ1) is 12.5. The number of rotatable bonds is 5. The highest BCUT2D eigenvalue weighted by Gasteiger charge is 2.31. The first-order valence-electron chi connectivity index (χ1n) is 8.64. The van der Waals surface area contributed by atoms with Crippen LogP contribution in [0.2, 0.25) is 0 Å². The topological polar surface area (TPSA) is 86.3 Å². The molecule has 2 aromatic rings. The molecule has 0 aliphatic heterocycles. The average Bonchev–Trinajstić information content (AvgIpc) is 2.98. The van der Waals surface area contributed by atoms with Gasteiger partial charge in [0.1, 0.15) is 16.4 Å². The molecule has 6 nitrogen and oxygen atoms in total. The quantitative estimate of drug-likeness (QED) is 0.703. The van der Waals surface area contributed by atoms with Crippen LogP contribution in [0.3, 0.4) is 0 Å². The van der Waals surface area contributed by atoms with Crippen LogP contribution in [0.5, 0.6) is 0 Å². The van der Waals surface area contributed by atoms with Crippen molar-refractivity contribution >= 4 is 33.9 Å². The van der Waals surface area contributed by atoms with Gasteiger partial charge >= 0.3 is 6.09 Å². The molecule has 1 aromatic heterocycles. The van der Waals surface area contributed by atoms with Crippen LogP contribution in [-0.2, 0) is 16.1 Å². The smallest absolute Gasteiger partial charge is 0.413 e. The zero-order valence-electron chi connectivity index (χ0n) is 16.5. The van der Waals surface area contributed by atoms with E-state index in [1.807, 2.05) is 51.1 Å². The van der Waals surface area contributed by atoms with Crippen LogP contribution in [-0.4, -0.2) is 26.0 Å². The lowest BCUT2D eigenvalue weighted by Crippen LogP contribution is -2.41. The van der Waals surface area contributed by atoms with Gasteiger partial charge in [0.2, 0.25) is 0 Å². The molecule has 0 radical (unpaired) electrons. The second-order valence-corrected chi connectivity index (χ2v) is 11.1. The van der Waals surface area contributed by atoms with Gasteiger partial charge in [-0.05, 0) is 47.1 Å². The van der Waals surface area contributed by atoms with Crippen LogP contribution in [0.4, 0.5) is 9.93 Å². The van der Waals surface area contributed by atoms with Gasteiger partial charge in [-0.1, -0.05) is 41.7 Å². The molecule has 8 heteroatoms. The summed E-state index contributed by atoms with van der Waals surface area (Å²) >= 11 is 0.0564. The van der Waals surface area contributed by atoms with Crippen molar-refractivity contribution in [3.63, 3.8) is 0 Å². The fourth-order valence-electron chi connectivity index (χ4n) is 2.09. The average molecular weight is 410 g/mol. The van der Waals surface area contributed by atoms with Crippen molar-refractivity contribution < 1.29 is 14.1 Å². The molecule has 2 rings (SSSR count). The molecule has 0 aliphatic rings. The monoisotopic (exact) mass is 409 g/mol. The van der Waals surface area contributed by atoms with Gasteiger partial charge in [0.25, 0.3) is 0 Å². The fraction of sp³-hybridized carbons (Fsp3) is 0.474. The molecule has 1 unspecified atom stereocenters. The molecule has 148 valence electrons. The van der Waals surface area contributed by atoms with Gasteiger partial charge in [0.05, 0.1) is 4.88 Å². The van der Waals surface area contributed by atoms with Gasteiger partial charge in [-0.2, -0.15) is 0 Å². The Hall–Kier alpha value is -1.61. The van der Waals surface area contributed by atoms with E-state index in [-0.39, 0.29) is 6.04 Å². The molecule has 0 bridgehead atoms. The summed E-state index contributed by atoms with van der Waals surface area (Å²) < 4.78 is 20.7. The Kier molecular flexibility index (Phi) is 6.91. The Morgan fingerprint density at radius 2 is 1.81 bits per heavy atom. The van der Waals surface area contributed by atoms with E-state index in [9.17, 15) is 9.35 Å². The lowest BCUT2D eigenvalue weighted by atomic mass is 10.1. The van der Waals surface area contributed by atoms with E-state index in [4.69, 9.17) is 4.74 Å². The lowest BCUT2D eigenvalue weighted by molar-refractivity contribution is 0.0636. The number of anilines is 1. The van der Waals surface area contributed by atoms with Gasteiger partial charge in [-0.25, -0.2) is 9.78 Å². The summed E-state index contributed by atoms with van der Waals surface area (Å²) in [6, 6.07) is 9.45. The number of amides is 1. The lowest BCUT2D eigenvalue weighted by Gasteiger charge is -2.27. The molecule has 2 atom stereocenters. The number of hydrogen-bond donors (Lipinski definition) is 2. The van der Waals surface area contributed by atoms with Crippen molar-refractivity contribution in [1.82, 2.24) is 9.71 Å². The maximum absolute atomic E-state index is 12.7. The minimum Gasteiger partial charge on any atom is -0.598 e. The predicted octanol–water partition coefficient (Wildman–Crippen LogP) is 4.63. The number of nitrogens with zero attached hydrogens (tertiary/aromatic N) is 1. The van der Waals surface area contributed by atoms with E-state index in [0.717, 1.165) is 10.4 Å². The minimum absolute atomic E-state index is 0.294. The van der Waals surface area contributed by atoms with Crippen molar-refractivity contribution in [2.75, 3.05) is 5.32 Å².